The second kappa shape index (κ2) is 250. The van der Waals surface area contributed by atoms with Gasteiger partial charge in [-0.15, -0.1) is 0 Å². The summed E-state index contributed by atoms with van der Waals surface area (Å²) in [6.07, 6.45) is 19.6. The average molecular weight is 2440 g/mol. The molecule has 0 aliphatic carbocycles. The molecular formula is C42H98N16O9P2V6W6-2. The SMILES string of the molecule is CNP.CNP.C[NH-].C[NH-].C[NH-].C[NH-].C[NH-].C[NH-].C[NH-].C[NH-].O=[C-]N1[CH-]CCC1.O=[C-]N1[CH-]CCC1.O=[C-]N1[CH-]CCC1.O=[C-]O.O=[C-]O.O=[C-]O.[CH-]1CCCN1.[CH-]1CCCN1.[CH-]1CCCN1.[CH3-].[CH3-].[V+2].[V+2].[V+2].[V+2].[V+2].[V+2].[W+2].[W+2].[W+2].[W+2].[W].[W]. The molecule has 0 aromatic heterocycles. The van der Waals surface area contributed by atoms with E-state index in [2.05, 4.69) is 64.5 Å². The van der Waals surface area contributed by atoms with Crippen LogP contribution in [0.1, 0.15) is 77.0 Å². The van der Waals surface area contributed by atoms with Crippen molar-refractivity contribution in [1.82, 2.24) is 40.8 Å². The van der Waals surface area contributed by atoms with Gasteiger partial charge in [-0.05, 0) is 53.4 Å². The minimum absolute atomic E-state index is 0. The summed E-state index contributed by atoms with van der Waals surface area (Å²) in [5.74, 6) is 0. The Hall–Kier alpha value is 4.80. The van der Waals surface area contributed by atoms with Crippen LogP contribution >= 0.6 is 18.8 Å². The Morgan fingerprint density at radius 3 is 0.556 bits per heavy atom. The van der Waals surface area contributed by atoms with E-state index in [-0.39, 0.29) is 253 Å². The third-order valence-electron chi connectivity index (χ3n) is 5.65. The van der Waals surface area contributed by atoms with Crippen LogP contribution in [0.2, 0.25) is 0 Å². The fourth-order valence-corrected chi connectivity index (χ4v) is 3.58. The van der Waals surface area contributed by atoms with Crippen LogP contribution in [0, 0.1) is 54.1 Å². The molecule has 6 aliphatic rings. The largest absolute Gasteiger partial charge is 2.00 e. The van der Waals surface area contributed by atoms with Gasteiger partial charge in [0.05, 0.1) is 0 Å². The van der Waals surface area contributed by atoms with Gasteiger partial charge in [-0.3, -0.25) is 39.3 Å². The Morgan fingerprint density at radius 1 is 0.383 bits per heavy atom. The summed E-state index contributed by atoms with van der Waals surface area (Å²) >= 11 is 0. The predicted molar refractivity (Wildman–Crippen MR) is 300 cm³/mol. The molecule has 25 nitrogen and oxygen atoms in total. The third kappa shape index (κ3) is 265. The number of aliphatic hydroxyl groups excluding tert-OH is 3. The average Bonchev–Trinajstić information content (AvgIpc) is 4.27. The molecule has 3 amide bonds. The fourth-order valence-electron chi connectivity index (χ4n) is 3.58. The van der Waals surface area contributed by atoms with Crippen molar-refractivity contribution in [3.8, 4) is 0 Å². The quantitative estimate of drug-likeness (QED) is 0.0998. The Morgan fingerprint density at radius 2 is 0.519 bits per heavy atom. The number of hydrogen-bond donors (Lipinski definition) is 8. The van der Waals surface area contributed by atoms with Crippen LogP contribution in [-0.4, -0.2) is 178 Å². The molecular weight excluding hydrogens is 2340 g/mol. The van der Waals surface area contributed by atoms with Gasteiger partial charge in [-0.2, -0.15) is 114 Å². The van der Waals surface area contributed by atoms with E-state index in [9.17, 15) is 14.4 Å². The van der Waals surface area contributed by atoms with Gasteiger partial charge in [0.15, 0.2) is 0 Å². The van der Waals surface area contributed by atoms with Gasteiger partial charge in [0, 0.05) is 42.1 Å². The normalized spacial score (nSPS) is 11.2. The molecule has 0 spiro atoms. The van der Waals surface area contributed by atoms with E-state index in [1.165, 1.54) is 115 Å². The zero-order valence-electron chi connectivity index (χ0n) is 49.1. The predicted octanol–water partition coefficient (Wildman–Crippen LogP) is 7.57. The number of hydrogen-bond acceptors (Lipinski definition) is 11. The molecule has 6 heterocycles. The second-order valence-electron chi connectivity index (χ2n) is 9.58. The number of nitrogens with one attached hydrogen (secondary N) is 13. The molecule has 6 saturated heterocycles. The Labute approximate surface area is 658 Å². The molecule has 0 aromatic carbocycles. The van der Waals surface area contributed by atoms with Gasteiger partial charge < -0.3 is 146 Å². The molecule has 0 aromatic rings. The molecule has 0 saturated carbocycles. The maximum atomic E-state index is 9.78. The number of nitrogens with zero attached hydrogens (tertiary/aromatic N) is 3. The number of rotatable bonds is 3. The third-order valence-corrected chi connectivity index (χ3v) is 5.65. The second-order valence-corrected chi connectivity index (χ2v) is 10.7. The summed E-state index contributed by atoms with van der Waals surface area (Å²) in [4.78, 5) is 58.7. The van der Waals surface area contributed by atoms with Crippen molar-refractivity contribution in [2.75, 3.05) is 110 Å². The molecule has 16 N–H and O–H groups in total. The van der Waals surface area contributed by atoms with E-state index < -0.39 is 0 Å². The first-order chi connectivity index (χ1) is 32.9. The van der Waals surface area contributed by atoms with Crippen molar-refractivity contribution < 1.29 is 282 Å². The topological polar surface area (TPSA) is 423 Å². The Kier molecular flexibility index (Phi) is 551. The molecule has 81 heavy (non-hydrogen) atoms. The molecule has 2 unspecified atom stereocenters. The van der Waals surface area contributed by atoms with Crippen LogP contribution in [0.4, 0.5) is 0 Å². The van der Waals surface area contributed by atoms with Crippen LogP contribution in [-0.2, 0) is 266 Å². The van der Waals surface area contributed by atoms with Crippen LogP contribution in [0.15, 0.2) is 0 Å². The van der Waals surface area contributed by atoms with Crippen molar-refractivity contribution >= 4 is 57.4 Å². The van der Waals surface area contributed by atoms with E-state index in [4.69, 9.17) is 75.6 Å². The number of likely N-dealkylation sites (tertiary alicyclic amines) is 3. The van der Waals surface area contributed by atoms with Gasteiger partial charge in [0.1, 0.15) is 0 Å². The van der Waals surface area contributed by atoms with E-state index in [0.29, 0.717) is 19.4 Å². The van der Waals surface area contributed by atoms with Crippen LogP contribution in [0.25, 0.3) is 45.9 Å². The summed E-state index contributed by atoms with van der Waals surface area (Å²) in [5.41, 5.74) is 46.0. The molecule has 0 bridgehead atoms. The molecule has 2 atom stereocenters. The summed E-state index contributed by atoms with van der Waals surface area (Å²) in [6, 6.07) is 0. The Bertz CT molecular complexity index is 660. The van der Waals surface area contributed by atoms with E-state index in [0.717, 1.165) is 58.2 Å². The van der Waals surface area contributed by atoms with Gasteiger partial charge in [0.2, 0.25) is 0 Å². The first kappa shape index (κ1) is 178. The first-order valence-corrected chi connectivity index (χ1v) is 21.4. The zero-order chi connectivity index (χ0) is 55.5. The van der Waals surface area contributed by atoms with Crippen molar-refractivity contribution in [2.45, 2.75) is 77.0 Å². The Balaban J connectivity index is -0.0000000153. The van der Waals surface area contributed by atoms with Gasteiger partial charge in [-0.1, -0.05) is 76.7 Å². The molecule has 6 aliphatic heterocycles. The summed E-state index contributed by atoms with van der Waals surface area (Å²) in [7, 11) is 18.3. The van der Waals surface area contributed by atoms with Crippen molar-refractivity contribution in [1.29, 1.82) is 0 Å². The maximum Gasteiger partial charge on any atom is 2.00 e. The van der Waals surface area contributed by atoms with Gasteiger partial charge >= 0.3 is 196 Å². The smallest absolute Gasteiger partial charge is 0.680 e. The first-order valence-electron chi connectivity index (χ1n) is 20.2. The maximum absolute atomic E-state index is 9.78. The molecule has 6 radical (unpaired) electrons. The van der Waals surface area contributed by atoms with E-state index >= 15 is 0 Å². The van der Waals surface area contributed by atoms with E-state index in [1.807, 2.05) is 33.7 Å². The monoisotopic (exact) mass is 2440 g/mol. The molecule has 39 heteroatoms. The van der Waals surface area contributed by atoms with Gasteiger partial charge in [0.25, 0.3) is 0 Å². The molecule has 478 valence electrons. The van der Waals surface area contributed by atoms with Crippen LogP contribution in [0.3, 0.4) is 0 Å². The zero-order valence-corrected chi connectivity index (χ0v) is 77.4. The number of carbonyl (C=O) groups excluding carboxylic acids is 3. The minimum atomic E-state index is 0. The molecule has 6 rings (SSSR count). The van der Waals surface area contributed by atoms with Crippen molar-refractivity contribution in [3.05, 3.63) is 100.0 Å². The van der Waals surface area contributed by atoms with E-state index in [1.54, 1.807) is 33.9 Å². The van der Waals surface area contributed by atoms with Crippen LogP contribution < -0.4 is 26.1 Å². The van der Waals surface area contributed by atoms with Crippen LogP contribution in [0.5, 0.6) is 0 Å². The fraction of sp³-hybridized carbons (Fsp3) is 0.667. The van der Waals surface area contributed by atoms with Crippen molar-refractivity contribution in [3.63, 3.8) is 0 Å². The van der Waals surface area contributed by atoms with Gasteiger partial charge in [-0.25, -0.2) is 0 Å². The standard InChI is InChI=1S/3C5H7NO.3C4H8N.2CH6NP.8CH4N.3CHO2.2CH3.6V.6W/c3*7-5-6-3-1-2-4-6;3*1-2-4-5-3-1;2*1-2-3;8*1-2;3*2-1-3;;;;;;;;;;;;;;/h3*3H,1-2,4H2;3*3,5H,1-2,4H2;2*2H,3H2,1H3;8*2H,1H3;3*(H,2,3);2*1H3;;;;;;;;;;;;/q3*-2;3*-1;;;13*-1;6*+2;;;4*+2. The summed E-state index contributed by atoms with van der Waals surface area (Å²) in [5, 5.41) is 34.9. The minimum Gasteiger partial charge on any atom is -0.680 e. The summed E-state index contributed by atoms with van der Waals surface area (Å²) in [6.45, 7) is 19.6. The van der Waals surface area contributed by atoms with Crippen molar-refractivity contribution in [2.24, 2.45) is 0 Å². The number of amides is 3. The molecule has 6 fully saturated rings. The summed E-state index contributed by atoms with van der Waals surface area (Å²) < 4.78 is 0.